The number of nitrogens with zero attached hydrogens (tertiary/aromatic N) is 2. The van der Waals surface area contributed by atoms with Gasteiger partial charge in [-0.05, 0) is 30.2 Å². The van der Waals surface area contributed by atoms with Crippen molar-refractivity contribution in [3.63, 3.8) is 0 Å². The first-order valence-electron chi connectivity index (χ1n) is 6.87. The monoisotopic (exact) mass is 274 g/mol. The molecule has 0 radical (unpaired) electrons. The van der Waals surface area contributed by atoms with Crippen LogP contribution in [0.5, 0.6) is 0 Å². The van der Waals surface area contributed by atoms with Crippen LogP contribution in [-0.2, 0) is 0 Å². The van der Waals surface area contributed by atoms with E-state index in [-0.39, 0.29) is 5.38 Å². The Morgan fingerprint density at radius 2 is 1.84 bits per heavy atom. The first kappa shape index (κ1) is 11.5. The maximum Gasteiger partial charge on any atom is 0.238 e. The highest BCUT2D eigenvalue weighted by Crippen LogP contribution is 2.62. The highest BCUT2D eigenvalue weighted by molar-refractivity contribution is 6.22. The minimum absolute atomic E-state index is 0.346. The molecule has 0 spiro atoms. The standard InChI is InChI=1S/C15H15ClN2O/c16-13(9-5-2-1-3-6-9)15-18-17-14(19-15)12-10-7-4-8-11(10)12/h1-3,5-6,10-13H,4,7-8H2. The molecule has 2 saturated carbocycles. The molecule has 1 aromatic heterocycles. The van der Waals surface area contributed by atoms with E-state index >= 15 is 0 Å². The van der Waals surface area contributed by atoms with Crippen molar-refractivity contribution in [1.82, 2.24) is 10.2 Å². The van der Waals surface area contributed by atoms with Crippen molar-refractivity contribution in [3.05, 3.63) is 47.7 Å². The van der Waals surface area contributed by atoms with Gasteiger partial charge in [-0.3, -0.25) is 0 Å². The van der Waals surface area contributed by atoms with Gasteiger partial charge >= 0.3 is 0 Å². The van der Waals surface area contributed by atoms with Gasteiger partial charge < -0.3 is 4.42 Å². The normalized spacial score (nSPS) is 30.1. The lowest BCUT2D eigenvalue weighted by molar-refractivity contribution is 0.437. The van der Waals surface area contributed by atoms with E-state index in [0.29, 0.717) is 11.8 Å². The maximum atomic E-state index is 6.39. The summed E-state index contributed by atoms with van der Waals surface area (Å²) in [6.45, 7) is 0. The molecule has 4 heteroatoms. The molecule has 2 fully saturated rings. The fraction of sp³-hybridized carbons (Fsp3) is 0.467. The van der Waals surface area contributed by atoms with Crippen LogP contribution < -0.4 is 0 Å². The third-order valence-electron chi connectivity index (χ3n) is 4.46. The Kier molecular flexibility index (Phi) is 2.62. The molecule has 0 saturated heterocycles. The molecule has 19 heavy (non-hydrogen) atoms. The quantitative estimate of drug-likeness (QED) is 0.797. The lowest BCUT2D eigenvalue weighted by Crippen LogP contribution is -1.92. The van der Waals surface area contributed by atoms with Gasteiger partial charge in [-0.1, -0.05) is 36.8 Å². The van der Waals surface area contributed by atoms with Crippen molar-refractivity contribution >= 4 is 11.6 Å². The van der Waals surface area contributed by atoms with Crippen LogP contribution >= 0.6 is 11.6 Å². The number of fused-ring (bicyclic) bond motifs is 1. The molecule has 0 amide bonds. The Bertz CT molecular complexity index is 573. The topological polar surface area (TPSA) is 38.9 Å². The first-order chi connectivity index (χ1) is 9.34. The number of halogens is 1. The van der Waals surface area contributed by atoms with Gasteiger partial charge in [0, 0.05) is 5.92 Å². The molecule has 0 bridgehead atoms. The van der Waals surface area contributed by atoms with Crippen molar-refractivity contribution in [2.45, 2.75) is 30.6 Å². The molecule has 0 aliphatic heterocycles. The molecule has 0 N–H and O–H groups in total. The van der Waals surface area contributed by atoms with E-state index in [1.165, 1.54) is 19.3 Å². The Hall–Kier alpha value is -1.35. The Balaban J connectivity index is 1.55. The molecular weight excluding hydrogens is 260 g/mol. The van der Waals surface area contributed by atoms with Crippen molar-refractivity contribution in [3.8, 4) is 0 Å². The summed E-state index contributed by atoms with van der Waals surface area (Å²) >= 11 is 6.39. The molecule has 2 aliphatic rings. The van der Waals surface area contributed by atoms with Gasteiger partial charge in [0.15, 0.2) is 0 Å². The summed E-state index contributed by atoms with van der Waals surface area (Å²) in [6, 6.07) is 9.86. The van der Waals surface area contributed by atoms with E-state index in [1.54, 1.807) is 0 Å². The Morgan fingerprint density at radius 3 is 2.58 bits per heavy atom. The van der Waals surface area contributed by atoms with E-state index in [1.807, 2.05) is 30.3 Å². The average Bonchev–Trinajstić information content (AvgIpc) is 2.90. The molecule has 1 aromatic carbocycles. The molecule has 1 heterocycles. The second-order valence-electron chi connectivity index (χ2n) is 5.54. The van der Waals surface area contributed by atoms with Gasteiger partial charge in [-0.25, -0.2) is 0 Å². The van der Waals surface area contributed by atoms with Crippen LogP contribution in [0.25, 0.3) is 0 Å². The van der Waals surface area contributed by atoms with Crippen LogP contribution in [0, 0.1) is 11.8 Å². The second kappa shape index (κ2) is 4.34. The van der Waals surface area contributed by atoms with E-state index in [9.17, 15) is 0 Å². The number of rotatable bonds is 3. The summed E-state index contributed by atoms with van der Waals surface area (Å²) in [6.07, 6.45) is 3.99. The van der Waals surface area contributed by atoms with Crippen molar-refractivity contribution in [1.29, 1.82) is 0 Å². The first-order valence-corrected chi connectivity index (χ1v) is 7.30. The van der Waals surface area contributed by atoms with Crippen molar-refractivity contribution in [2.75, 3.05) is 0 Å². The predicted molar refractivity (Wildman–Crippen MR) is 72.0 cm³/mol. The van der Waals surface area contributed by atoms with Gasteiger partial charge in [0.25, 0.3) is 0 Å². The van der Waals surface area contributed by atoms with Crippen molar-refractivity contribution in [2.24, 2.45) is 11.8 Å². The highest BCUT2D eigenvalue weighted by Gasteiger charge is 2.56. The molecule has 4 rings (SSSR count). The van der Waals surface area contributed by atoms with Gasteiger partial charge in [0.1, 0.15) is 5.38 Å². The second-order valence-corrected chi connectivity index (χ2v) is 5.97. The van der Waals surface area contributed by atoms with Crippen LogP contribution in [-0.4, -0.2) is 10.2 Å². The highest BCUT2D eigenvalue weighted by atomic mass is 35.5. The summed E-state index contributed by atoms with van der Waals surface area (Å²) in [5.41, 5.74) is 0.996. The van der Waals surface area contributed by atoms with Gasteiger partial charge in [0.2, 0.25) is 11.8 Å². The third kappa shape index (κ3) is 1.88. The average molecular weight is 275 g/mol. The van der Waals surface area contributed by atoms with E-state index < -0.39 is 0 Å². The van der Waals surface area contributed by atoms with Crippen LogP contribution in [0.4, 0.5) is 0 Å². The summed E-state index contributed by atoms with van der Waals surface area (Å²) in [7, 11) is 0. The number of aromatic nitrogens is 2. The van der Waals surface area contributed by atoms with Crippen LogP contribution in [0.1, 0.15) is 47.9 Å². The summed E-state index contributed by atoms with van der Waals surface area (Å²) in [5.74, 6) is 3.41. The number of hydrogen-bond acceptors (Lipinski definition) is 3. The maximum absolute atomic E-state index is 6.39. The zero-order valence-corrected chi connectivity index (χ0v) is 11.3. The molecular formula is C15H15ClN2O. The van der Waals surface area contributed by atoms with Gasteiger partial charge in [-0.2, -0.15) is 0 Å². The van der Waals surface area contributed by atoms with Gasteiger partial charge in [-0.15, -0.1) is 21.8 Å². The van der Waals surface area contributed by atoms with E-state index in [0.717, 1.165) is 23.3 Å². The fourth-order valence-corrected chi connectivity index (χ4v) is 3.67. The minimum Gasteiger partial charge on any atom is -0.423 e. The summed E-state index contributed by atoms with van der Waals surface area (Å²) in [5, 5.41) is 7.99. The van der Waals surface area contributed by atoms with Crippen molar-refractivity contribution < 1.29 is 4.42 Å². The SMILES string of the molecule is ClC(c1ccccc1)c1nnc(C2C3CCCC32)o1. The zero-order chi connectivity index (χ0) is 12.8. The number of benzene rings is 1. The Morgan fingerprint density at radius 1 is 1.11 bits per heavy atom. The fourth-order valence-electron chi connectivity index (χ4n) is 3.44. The van der Waals surface area contributed by atoms with Crippen LogP contribution in [0.3, 0.4) is 0 Å². The molecule has 3 nitrogen and oxygen atoms in total. The van der Waals surface area contributed by atoms with Gasteiger partial charge in [0.05, 0.1) is 0 Å². The third-order valence-corrected chi connectivity index (χ3v) is 4.90. The summed E-state index contributed by atoms with van der Waals surface area (Å²) < 4.78 is 5.81. The molecule has 2 aliphatic carbocycles. The van der Waals surface area contributed by atoms with Crippen LogP contribution in [0.2, 0.25) is 0 Å². The lowest BCUT2D eigenvalue weighted by Gasteiger charge is -2.04. The summed E-state index contributed by atoms with van der Waals surface area (Å²) in [4.78, 5) is 0. The zero-order valence-electron chi connectivity index (χ0n) is 10.5. The molecule has 3 atom stereocenters. The van der Waals surface area contributed by atoms with E-state index in [2.05, 4.69) is 10.2 Å². The lowest BCUT2D eigenvalue weighted by atomic mass is 10.1. The minimum atomic E-state index is -0.346. The molecule has 3 unspecified atom stereocenters. The predicted octanol–water partition coefficient (Wildman–Crippen LogP) is 3.91. The molecule has 98 valence electrons. The number of alkyl halides is 1. The number of hydrogen-bond donors (Lipinski definition) is 0. The molecule has 2 aromatic rings. The Labute approximate surface area is 117 Å². The smallest absolute Gasteiger partial charge is 0.238 e. The van der Waals surface area contributed by atoms with Crippen LogP contribution in [0.15, 0.2) is 34.7 Å². The van der Waals surface area contributed by atoms with E-state index in [4.69, 9.17) is 16.0 Å². The largest absolute Gasteiger partial charge is 0.423 e.